The van der Waals surface area contributed by atoms with E-state index in [1.807, 2.05) is 0 Å². The van der Waals surface area contributed by atoms with Crippen LogP contribution in [-0.4, -0.2) is 36.1 Å². The van der Waals surface area contributed by atoms with Crippen LogP contribution in [0.25, 0.3) is 0 Å². The molecule has 5 heteroatoms. The van der Waals surface area contributed by atoms with Crippen LogP contribution in [-0.2, 0) is 0 Å². The molecule has 90 valence electrons. The van der Waals surface area contributed by atoms with Gasteiger partial charge in [-0.25, -0.2) is 4.98 Å². The molecule has 1 aliphatic rings. The van der Waals surface area contributed by atoms with E-state index in [2.05, 4.69) is 28.3 Å². The van der Waals surface area contributed by atoms with E-state index in [0.29, 0.717) is 22.4 Å². The van der Waals surface area contributed by atoms with Gasteiger partial charge >= 0.3 is 0 Å². The molecule has 1 unspecified atom stereocenters. The molecule has 0 spiro atoms. The van der Waals surface area contributed by atoms with Crippen LogP contribution in [0, 0.1) is 11.3 Å². The van der Waals surface area contributed by atoms with Crippen LogP contribution in [0.15, 0.2) is 12.3 Å². The second kappa shape index (κ2) is 5.35. The third kappa shape index (κ3) is 2.87. The Morgan fingerprint density at radius 2 is 2.47 bits per heavy atom. The standard InChI is InChI=1S/C12H15ClN4/c1-17-6-2-3-10(8-17)16-12-11(13)9(7-14)4-5-15-12/h4-5,10H,2-3,6,8H2,1H3,(H,15,16). The third-order valence-electron chi connectivity index (χ3n) is 2.97. The molecule has 1 N–H and O–H groups in total. The van der Waals surface area contributed by atoms with E-state index in [-0.39, 0.29) is 0 Å². The van der Waals surface area contributed by atoms with Crippen molar-refractivity contribution in [2.45, 2.75) is 18.9 Å². The minimum atomic E-state index is 0.354. The van der Waals surface area contributed by atoms with Gasteiger partial charge in [0.05, 0.1) is 5.56 Å². The predicted octanol–water partition coefficient (Wildman–Crippen LogP) is 2.11. The van der Waals surface area contributed by atoms with E-state index < -0.39 is 0 Å². The van der Waals surface area contributed by atoms with Crippen molar-refractivity contribution < 1.29 is 0 Å². The number of nitrogens with one attached hydrogen (secondary N) is 1. The van der Waals surface area contributed by atoms with Crippen molar-refractivity contribution in [3.05, 3.63) is 22.8 Å². The summed E-state index contributed by atoms with van der Waals surface area (Å²) in [5.74, 6) is 0.617. The Kier molecular flexibility index (Phi) is 3.82. The molecular weight excluding hydrogens is 236 g/mol. The number of hydrogen-bond acceptors (Lipinski definition) is 4. The highest BCUT2D eigenvalue weighted by Gasteiger charge is 2.18. The first-order chi connectivity index (χ1) is 8.20. The van der Waals surface area contributed by atoms with E-state index in [9.17, 15) is 0 Å². The van der Waals surface area contributed by atoms with Crippen molar-refractivity contribution in [1.82, 2.24) is 9.88 Å². The molecule has 0 amide bonds. The summed E-state index contributed by atoms with van der Waals surface area (Å²) in [6, 6.07) is 4.04. The van der Waals surface area contributed by atoms with Gasteiger partial charge in [-0.2, -0.15) is 5.26 Å². The van der Waals surface area contributed by atoms with Crippen LogP contribution < -0.4 is 5.32 Å². The number of aromatic nitrogens is 1. The maximum absolute atomic E-state index is 8.89. The van der Waals surface area contributed by atoms with Gasteiger partial charge in [0.1, 0.15) is 16.9 Å². The quantitative estimate of drug-likeness (QED) is 0.874. The molecule has 0 radical (unpaired) electrons. The highest BCUT2D eigenvalue weighted by atomic mass is 35.5. The van der Waals surface area contributed by atoms with Crippen molar-refractivity contribution in [2.75, 3.05) is 25.5 Å². The number of nitrogens with zero attached hydrogens (tertiary/aromatic N) is 3. The summed E-state index contributed by atoms with van der Waals surface area (Å²) in [5.41, 5.74) is 0.466. The molecular formula is C12H15ClN4. The summed E-state index contributed by atoms with van der Waals surface area (Å²) in [6.07, 6.45) is 3.89. The fourth-order valence-corrected chi connectivity index (χ4v) is 2.32. The molecule has 1 saturated heterocycles. The van der Waals surface area contributed by atoms with Crippen LogP contribution in [0.1, 0.15) is 18.4 Å². The van der Waals surface area contributed by atoms with Crippen LogP contribution in [0.5, 0.6) is 0 Å². The molecule has 1 atom stereocenters. The molecule has 4 nitrogen and oxygen atoms in total. The third-order valence-corrected chi connectivity index (χ3v) is 3.36. The Morgan fingerprint density at radius 1 is 1.65 bits per heavy atom. The molecule has 2 heterocycles. The summed E-state index contributed by atoms with van der Waals surface area (Å²) < 4.78 is 0. The molecule has 1 fully saturated rings. The number of pyridine rings is 1. The molecule has 0 bridgehead atoms. The Morgan fingerprint density at radius 3 is 3.18 bits per heavy atom. The second-order valence-corrected chi connectivity index (χ2v) is 4.76. The topological polar surface area (TPSA) is 52.0 Å². The van der Waals surface area contributed by atoms with Crippen molar-refractivity contribution in [2.24, 2.45) is 0 Å². The first kappa shape index (κ1) is 12.2. The van der Waals surface area contributed by atoms with Crippen LogP contribution in [0.3, 0.4) is 0 Å². The molecule has 0 aromatic carbocycles. The SMILES string of the molecule is CN1CCCC(Nc2nccc(C#N)c2Cl)C1. The number of hydrogen-bond donors (Lipinski definition) is 1. The van der Waals surface area contributed by atoms with E-state index in [0.717, 1.165) is 19.5 Å². The lowest BCUT2D eigenvalue weighted by atomic mass is 10.1. The molecule has 2 rings (SSSR count). The van der Waals surface area contributed by atoms with Crippen molar-refractivity contribution in [3.8, 4) is 6.07 Å². The average Bonchev–Trinajstić information content (AvgIpc) is 2.32. The molecule has 1 aromatic heterocycles. The molecule has 1 aliphatic heterocycles. The number of anilines is 1. The number of piperidine rings is 1. The van der Waals surface area contributed by atoms with Gasteiger partial charge in [-0.3, -0.25) is 0 Å². The van der Waals surface area contributed by atoms with E-state index in [4.69, 9.17) is 16.9 Å². The van der Waals surface area contributed by atoms with Crippen LogP contribution >= 0.6 is 11.6 Å². The van der Waals surface area contributed by atoms with Crippen LogP contribution in [0.4, 0.5) is 5.82 Å². The summed E-state index contributed by atoms with van der Waals surface area (Å²) in [6.45, 7) is 2.12. The highest BCUT2D eigenvalue weighted by Crippen LogP contribution is 2.24. The summed E-state index contributed by atoms with van der Waals surface area (Å²) in [5, 5.41) is 12.6. The number of rotatable bonds is 2. The first-order valence-electron chi connectivity index (χ1n) is 5.70. The zero-order valence-electron chi connectivity index (χ0n) is 9.78. The van der Waals surface area contributed by atoms with Crippen molar-refractivity contribution >= 4 is 17.4 Å². The summed E-state index contributed by atoms with van der Waals surface area (Å²) >= 11 is 6.10. The van der Waals surface area contributed by atoms with Gasteiger partial charge in [0.2, 0.25) is 0 Å². The van der Waals surface area contributed by atoms with Crippen molar-refractivity contribution in [1.29, 1.82) is 5.26 Å². The van der Waals surface area contributed by atoms with Gasteiger partial charge in [0, 0.05) is 18.8 Å². The number of likely N-dealkylation sites (N-methyl/N-ethyl adjacent to an activating group) is 1. The molecule has 1 aromatic rings. The lowest BCUT2D eigenvalue weighted by Gasteiger charge is -2.30. The fraction of sp³-hybridized carbons (Fsp3) is 0.500. The Bertz CT molecular complexity index is 441. The Labute approximate surface area is 106 Å². The number of nitriles is 1. The maximum atomic E-state index is 8.89. The van der Waals surface area contributed by atoms with Gasteiger partial charge in [-0.15, -0.1) is 0 Å². The number of halogens is 1. The van der Waals surface area contributed by atoms with Gasteiger partial charge in [0.15, 0.2) is 0 Å². The molecule has 0 saturated carbocycles. The van der Waals surface area contributed by atoms with Gasteiger partial charge < -0.3 is 10.2 Å². The lowest BCUT2D eigenvalue weighted by Crippen LogP contribution is -2.39. The van der Waals surface area contributed by atoms with Crippen molar-refractivity contribution in [3.63, 3.8) is 0 Å². The maximum Gasteiger partial charge on any atom is 0.146 e. The average molecular weight is 251 g/mol. The van der Waals surface area contributed by atoms with E-state index >= 15 is 0 Å². The van der Waals surface area contributed by atoms with Gasteiger partial charge in [-0.05, 0) is 32.5 Å². The minimum Gasteiger partial charge on any atom is -0.365 e. The number of likely N-dealkylation sites (tertiary alicyclic amines) is 1. The molecule has 0 aliphatic carbocycles. The minimum absolute atomic E-state index is 0.354. The normalized spacial score (nSPS) is 20.9. The summed E-state index contributed by atoms with van der Waals surface area (Å²) in [7, 11) is 2.11. The zero-order valence-corrected chi connectivity index (χ0v) is 10.5. The van der Waals surface area contributed by atoms with Crippen LogP contribution in [0.2, 0.25) is 5.02 Å². The zero-order chi connectivity index (χ0) is 12.3. The predicted molar refractivity (Wildman–Crippen MR) is 68.1 cm³/mol. The summed E-state index contributed by atoms with van der Waals surface area (Å²) in [4.78, 5) is 6.47. The highest BCUT2D eigenvalue weighted by molar-refractivity contribution is 6.34. The second-order valence-electron chi connectivity index (χ2n) is 4.38. The largest absolute Gasteiger partial charge is 0.365 e. The van der Waals surface area contributed by atoms with Gasteiger partial charge in [0.25, 0.3) is 0 Å². The van der Waals surface area contributed by atoms with E-state index in [1.165, 1.54) is 6.42 Å². The molecule has 17 heavy (non-hydrogen) atoms. The Balaban J connectivity index is 2.11. The fourth-order valence-electron chi connectivity index (χ4n) is 2.11. The lowest BCUT2D eigenvalue weighted by molar-refractivity contribution is 0.261. The first-order valence-corrected chi connectivity index (χ1v) is 6.08. The van der Waals surface area contributed by atoms with Gasteiger partial charge in [-0.1, -0.05) is 11.6 Å². The monoisotopic (exact) mass is 250 g/mol. The smallest absolute Gasteiger partial charge is 0.146 e. The Hall–Kier alpha value is -1.31. The van der Waals surface area contributed by atoms with E-state index in [1.54, 1.807) is 12.3 Å².